The molecule has 0 amide bonds. The summed E-state index contributed by atoms with van der Waals surface area (Å²) in [5, 5.41) is 0.695. The Morgan fingerprint density at radius 2 is 0.708 bits per heavy atom. The van der Waals surface area contributed by atoms with Crippen molar-refractivity contribution in [2.24, 2.45) is 0 Å². The Balaban J connectivity index is 1.23. The summed E-state index contributed by atoms with van der Waals surface area (Å²) in [5.41, 5.74) is 1.74. The Morgan fingerprint density at radius 3 is 1.02 bits per heavy atom. The van der Waals surface area contributed by atoms with Crippen molar-refractivity contribution in [3.05, 3.63) is 79.7 Å². The zero-order valence-electron chi connectivity index (χ0n) is 29.7. The van der Waals surface area contributed by atoms with Crippen LogP contribution in [0.1, 0.15) is 142 Å². The van der Waals surface area contributed by atoms with Gasteiger partial charge in [-0.3, -0.25) is 9.59 Å². The second kappa shape index (κ2) is 22.3. The average molecular weight is 687 g/mol. The van der Waals surface area contributed by atoms with Crippen LogP contribution in [0.5, 0.6) is 0 Å². The molecule has 0 fully saturated rings. The molecule has 2 heterocycles. The second-order valence-corrected chi connectivity index (χ2v) is 15.7. The first kappa shape index (κ1) is 38.4. The molecular formula is C42H58N2O2S2. The SMILES string of the molecule is CCCCCCCCCCCCSc1ccc(-c2nc(=O)c3c(-c4ccc(SCCCCCCCCCCCC)cc4)nc(=O)c2=3)cc1. The Morgan fingerprint density at radius 1 is 0.417 bits per heavy atom. The van der Waals surface area contributed by atoms with Gasteiger partial charge >= 0.3 is 0 Å². The lowest BCUT2D eigenvalue weighted by atomic mass is 10.1. The van der Waals surface area contributed by atoms with Crippen molar-refractivity contribution in [2.75, 3.05) is 11.5 Å². The fourth-order valence-electron chi connectivity index (χ4n) is 6.47. The van der Waals surface area contributed by atoms with Gasteiger partial charge in [0.2, 0.25) is 0 Å². The fourth-order valence-corrected chi connectivity index (χ4v) is 8.30. The summed E-state index contributed by atoms with van der Waals surface area (Å²) in [5.74, 6) is 2.22. The molecule has 6 heteroatoms. The van der Waals surface area contributed by atoms with Crippen LogP contribution in [0.4, 0.5) is 0 Å². The molecule has 0 atom stereocenters. The lowest BCUT2D eigenvalue weighted by molar-refractivity contribution is 0.563. The smallest absolute Gasteiger partial charge is 0.267 e. The molecule has 0 radical (unpaired) electrons. The molecule has 4 rings (SSSR count). The molecule has 0 unspecified atom stereocenters. The predicted octanol–water partition coefficient (Wildman–Crippen LogP) is 12.2. The molecule has 0 aliphatic carbocycles. The molecular weight excluding hydrogens is 629 g/mol. The number of aromatic nitrogens is 2. The highest BCUT2D eigenvalue weighted by Crippen LogP contribution is 2.28. The minimum atomic E-state index is -0.372. The summed E-state index contributed by atoms with van der Waals surface area (Å²) >= 11 is 3.74. The van der Waals surface area contributed by atoms with E-state index in [1.54, 1.807) is 0 Å². The fraction of sp³-hybridized carbons (Fsp3) is 0.571. The highest BCUT2D eigenvalue weighted by Gasteiger charge is 2.19. The highest BCUT2D eigenvalue weighted by molar-refractivity contribution is 7.99. The number of thioether (sulfide) groups is 2. The van der Waals surface area contributed by atoms with E-state index in [-0.39, 0.29) is 11.1 Å². The first-order valence-electron chi connectivity index (χ1n) is 19.1. The number of unbranched alkanes of at least 4 members (excludes halogenated alkanes) is 18. The van der Waals surface area contributed by atoms with E-state index in [1.165, 1.54) is 138 Å². The molecule has 2 aromatic rings. The van der Waals surface area contributed by atoms with Crippen molar-refractivity contribution in [1.29, 1.82) is 0 Å². The predicted molar refractivity (Wildman–Crippen MR) is 208 cm³/mol. The molecule has 0 saturated heterocycles. The van der Waals surface area contributed by atoms with Gasteiger partial charge in [0, 0.05) is 20.9 Å². The van der Waals surface area contributed by atoms with E-state index in [0.29, 0.717) is 21.8 Å². The summed E-state index contributed by atoms with van der Waals surface area (Å²) in [7, 11) is 0. The van der Waals surface area contributed by atoms with E-state index in [1.807, 2.05) is 47.8 Å². The van der Waals surface area contributed by atoms with Crippen LogP contribution in [0.15, 0.2) is 67.9 Å². The van der Waals surface area contributed by atoms with E-state index < -0.39 is 0 Å². The van der Waals surface area contributed by atoms with Gasteiger partial charge in [-0.2, -0.15) is 0 Å². The van der Waals surface area contributed by atoms with Gasteiger partial charge in [0.05, 0.1) is 21.8 Å². The summed E-state index contributed by atoms with van der Waals surface area (Å²) in [6, 6.07) is 16.2. The van der Waals surface area contributed by atoms with Gasteiger partial charge in [0.25, 0.3) is 11.1 Å². The zero-order valence-corrected chi connectivity index (χ0v) is 31.3. The van der Waals surface area contributed by atoms with Crippen LogP contribution in [-0.2, 0) is 0 Å². The Kier molecular flexibility index (Phi) is 17.8. The summed E-state index contributed by atoms with van der Waals surface area (Å²) in [4.78, 5) is 37.2. The van der Waals surface area contributed by atoms with Gasteiger partial charge in [0.15, 0.2) is 0 Å². The molecule has 0 aromatic heterocycles. The highest BCUT2D eigenvalue weighted by atomic mass is 32.2. The van der Waals surface area contributed by atoms with Crippen LogP contribution in [-0.4, -0.2) is 21.5 Å². The molecule has 48 heavy (non-hydrogen) atoms. The Labute approximate surface area is 298 Å². The maximum Gasteiger partial charge on any atom is 0.280 e. The molecule has 260 valence electrons. The van der Waals surface area contributed by atoms with E-state index in [0.717, 1.165) is 22.6 Å². The minimum absolute atomic E-state index is 0.347. The average Bonchev–Trinajstić information content (AvgIpc) is 3.64. The van der Waals surface area contributed by atoms with Crippen molar-refractivity contribution < 1.29 is 0 Å². The molecule has 0 bridgehead atoms. The lowest BCUT2D eigenvalue weighted by Gasteiger charge is -2.04. The van der Waals surface area contributed by atoms with Crippen molar-refractivity contribution >= 4 is 23.5 Å². The van der Waals surface area contributed by atoms with E-state index in [4.69, 9.17) is 0 Å². The minimum Gasteiger partial charge on any atom is -0.267 e. The molecule has 0 spiro atoms. The largest absolute Gasteiger partial charge is 0.280 e. The van der Waals surface area contributed by atoms with E-state index in [9.17, 15) is 9.59 Å². The number of rotatable bonds is 26. The monoisotopic (exact) mass is 686 g/mol. The number of hydrogen-bond acceptors (Lipinski definition) is 6. The third-order valence-electron chi connectivity index (χ3n) is 9.37. The standard InChI is InChI=1S/C42H58N2O2S2/c1-3-5-7-9-11-13-15-17-19-21-31-47-35-27-23-33(24-28-35)39-37-38(42(46)43-39)40(44-41(37)45)34-25-29-36(30-26-34)48-32-22-20-18-16-14-12-10-8-6-4-2/h23-30H,3-22,31-32H2,1-2H3. The molecule has 2 aromatic carbocycles. The normalized spacial score (nSPS) is 11.6. The summed E-state index contributed by atoms with van der Waals surface area (Å²) in [6.07, 6.45) is 26.9. The van der Waals surface area contributed by atoms with Crippen molar-refractivity contribution in [3.8, 4) is 22.5 Å². The van der Waals surface area contributed by atoms with Gasteiger partial charge in [-0.25, -0.2) is 9.97 Å². The van der Waals surface area contributed by atoms with Crippen LogP contribution in [0.2, 0.25) is 0 Å². The quantitative estimate of drug-likeness (QED) is 0.0484. The van der Waals surface area contributed by atoms with Crippen LogP contribution >= 0.6 is 23.5 Å². The third kappa shape index (κ3) is 12.5. The summed E-state index contributed by atoms with van der Waals surface area (Å²) < 4.78 is 0. The first-order chi connectivity index (χ1) is 23.6. The molecule has 0 saturated carbocycles. The van der Waals surface area contributed by atoms with Crippen LogP contribution in [0, 0.1) is 10.4 Å². The van der Waals surface area contributed by atoms with E-state index >= 15 is 0 Å². The maximum absolute atomic E-state index is 13.1. The number of nitrogens with zero attached hydrogens (tertiary/aromatic N) is 2. The lowest BCUT2D eigenvalue weighted by Crippen LogP contribution is -2.04. The van der Waals surface area contributed by atoms with Gasteiger partial charge in [-0.1, -0.05) is 154 Å². The zero-order chi connectivity index (χ0) is 33.8. The molecule has 2 aliphatic heterocycles. The molecule has 4 nitrogen and oxygen atoms in total. The van der Waals surface area contributed by atoms with Gasteiger partial charge < -0.3 is 0 Å². The second-order valence-electron chi connectivity index (χ2n) is 13.4. The first-order valence-corrected chi connectivity index (χ1v) is 21.1. The third-order valence-corrected chi connectivity index (χ3v) is 11.6. The van der Waals surface area contributed by atoms with Crippen LogP contribution in [0.3, 0.4) is 0 Å². The Bertz CT molecular complexity index is 1470. The summed E-state index contributed by atoms with van der Waals surface area (Å²) in [6.45, 7) is 4.54. The molecule has 0 N–H and O–H groups in total. The van der Waals surface area contributed by atoms with Crippen LogP contribution < -0.4 is 11.1 Å². The number of hydrogen-bond donors (Lipinski definition) is 0. The molecule has 2 aliphatic rings. The number of benzene rings is 2. The van der Waals surface area contributed by atoms with Crippen molar-refractivity contribution in [1.82, 2.24) is 9.97 Å². The van der Waals surface area contributed by atoms with E-state index in [2.05, 4.69) is 48.1 Å². The van der Waals surface area contributed by atoms with Crippen LogP contribution in [0.25, 0.3) is 22.5 Å². The van der Waals surface area contributed by atoms with Gasteiger partial charge in [-0.15, -0.1) is 23.5 Å². The van der Waals surface area contributed by atoms with Gasteiger partial charge in [0.1, 0.15) is 0 Å². The van der Waals surface area contributed by atoms with Gasteiger partial charge in [-0.05, 0) is 48.6 Å². The van der Waals surface area contributed by atoms with Crippen molar-refractivity contribution in [3.63, 3.8) is 0 Å². The maximum atomic E-state index is 13.1. The van der Waals surface area contributed by atoms with Crippen molar-refractivity contribution in [2.45, 2.75) is 152 Å². The topological polar surface area (TPSA) is 59.9 Å². The Hall–Kier alpha value is -2.44.